The lowest BCUT2D eigenvalue weighted by Crippen LogP contribution is -2.44. The first kappa shape index (κ1) is 16.5. The fourth-order valence-corrected chi connectivity index (χ4v) is 3.81. The highest BCUT2D eigenvalue weighted by Crippen LogP contribution is 2.48. The number of ether oxygens (including phenoxy) is 1. The van der Waals surface area contributed by atoms with E-state index in [1.165, 1.54) is 6.20 Å². The summed E-state index contributed by atoms with van der Waals surface area (Å²) >= 11 is 0. The maximum atomic E-state index is 13.2. The zero-order chi connectivity index (χ0) is 18.1. The Labute approximate surface area is 151 Å². The van der Waals surface area contributed by atoms with Gasteiger partial charge in [0, 0.05) is 37.3 Å². The fourth-order valence-electron chi connectivity index (χ4n) is 3.81. The first-order valence-electron chi connectivity index (χ1n) is 8.61. The number of H-pyrrole nitrogens is 1. The molecule has 1 spiro atoms. The van der Waals surface area contributed by atoms with Gasteiger partial charge in [-0.1, -0.05) is 6.08 Å². The van der Waals surface area contributed by atoms with Crippen molar-refractivity contribution < 1.29 is 14.3 Å². The Morgan fingerprint density at radius 2 is 2.19 bits per heavy atom. The molecule has 0 unspecified atom stereocenters. The Hall–Kier alpha value is -2.93. The molecule has 1 aromatic heterocycles. The molecule has 4 rings (SSSR count). The number of carbonyl (C=O) groups is 2. The van der Waals surface area contributed by atoms with Gasteiger partial charge in [0.1, 0.15) is 5.69 Å². The second kappa shape index (κ2) is 6.42. The van der Waals surface area contributed by atoms with Gasteiger partial charge in [-0.25, -0.2) is 0 Å². The first-order valence-corrected chi connectivity index (χ1v) is 8.61. The number of anilines is 2. The van der Waals surface area contributed by atoms with Gasteiger partial charge in [-0.2, -0.15) is 5.10 Å². The van der Waals surface area contributed by atoms with Gasteiger partial charge in [0.2, 0.25) is 5.91 Å². The van der Waals surface area contributed by atoms with Gasteiger partial charge in [0.25, 0.3) is 5.91 Å². The van der Waals surface area contributed by atoms with Crippen molar-refractivity contribution in [2.75, 3.05) is 30.0 Å². The number of nitrogens with zero attached hydrogens (tertiary/aromatic N) is 2. The van der Waals surface area contributed by atoms with Crippen molar-refractivity contribution in [1.82, 2.24) is 10.2 Å². The van der Waals surface area contributed by atoms with Crippen molar-refractivity contribution in [3.8, 4) is 0 Å². The summed E-state index contributed by atoms with van der Waals surface area (Å²) < 4.78 is 5.49. The summed E-state index contributed by atoms with van der Waals surface area (Å²) in [6.45, 7) is 5.34. The summed E-state index contributed by atoms with van der Waals surface area (Å²) in [6.07, 6.45) is 4.54. The molecule has 7 nitrogen and oxygen atoms in total. The first-order chi connectivity index (χ1) is 12.7. The average molecular weight is 352 g/mol. The number of fused-ring (bicyclic) bond motifs is 2. The number of hydrogen-bond donors (Lipinski definition) is 2. The summed E-state index contributed by atoms with van der Waals surface area (Å²) in [5.74, 6) is -0.177. The van der Waals surface area contributed by atoms with Crippen LogP contribution in [0.25, 0.3) is 0 Å². The predicted octanol–water partition coefficient (Wildman–Crippen LogP) is 2.24. The van der Waals surface area contributed by atoms with Gasteiger partial charge < -0.3 is 15.0 Å². The van der Waals surface area contributed by atoms with Crippen molar-refractivity contribution in [3.05, 3.63) is 54.4 Å². The van der Waals surface area contributed by atoms with Gasteiger partial charge in [0.15, 0.2) is 0 Å². The lowest BCUT2D eigenvalue weighted by molar-refractivity contribution is -0.126. The van der Waals surface area contributed by atoms with Crippen molar-refractivity contribution in [1.29, 1.82) is 0 Å². The number of rotatable bonds is 4. The van der Waals surface area contributed by atoms with Crippen LogP contribution in [0.4, 0.5) is 11.4 Å². The van der Waals surface area contributed by atoms with E-state index in [4.69, 9.17) is 4.74 Å². The standard InChI is InChI=1S/C19H20N4O3/c1-2-9-23-16-4-3-13(21-17(24)15-5-8-20-22-15)12-14(16)19(18(23)25)6-10-26-11-7-19/h2-5,8,12H,1,6-7,9-11H2,(H,20,22)(H,21,24). The van der Waals surface area contributed by atoms with Crippen LogP contribution in [0, 0.1) is 0 Å². The van der Waals surface area contributed by atoms with E-state index in [1.54, 1.807) is 17.0 Å². The molecule has 2 aliphatic heterocycles. The second-order valence-corrected chi connectivity index (χ2v) is 6.56. The molecule has 0 bridgehead atoms. The van der Waals surface area contributed by atoms with Gasteiger partial charge in [0.05, 0.1) is 5.41 Å². The van der Waals surface area contributed by atoms with E-state index < -0.39 is 5.41 Å². The van der Waals surface area contributed by atoms with Crippen LogP contribution in [0.2, 0.25) is 0 Å². The highest BCUT2D eigenvalue weighted by Gasteiger charge is 2.51. The zero-order valence-corrected chi connectivity index (χ0v) is 14.3. The SMILES string of the molecule is C=CCN1C(=O)C2(CCOCC2)c2cc(NC(=O)c3ccn[nH]3)ccc21. The van der Waals surface area contributed by atoms with Crippen molar-refractivity contribution in [3.63, 3.8) is 0 Å². The molecule has 3 heterocycles. The zero-order valence-electron chi connectivity index (χ0n) is 14.3. The number of benzene rings is 1. The summed E-state index contributed by atoms with van der Waals surface area (Å²) in [4.78, 5) is 27.2. The molecule has 0 atom stereocenters. The minimum atomic E-state index is -0.578. The van der Waals surface area contributed by atoms with E-state index in [0.717, 1.165) is 11.3 Å². The number of hydrogen-bond acceptors (Lipinski definition) is 4. The molecular formula is C19H20N4O3. The van der Waals surface area contributed by atoms with Crippen LogP contribution in [-0.4, -0.2) is 41.8 Å². The Balaban J connectivity index is 1.71. The predicted molar refractivity (Wildman–Crippen MR) is 97.3 cm³/mol. The molecule has 26 heavy (non-hydrogen) atoms. The van der Waals surface area contributed by atoms with E-state index in [-0.39, 0.29) is 11.8 Å². The summed E-state index contributed by atoms with van der Waals surface area (Å²) in [5, 5.41) is 9.30. The second-order valence-electron chi connectivity index (χ2n) is 6.56. The molecule has 7 heteroatoms. The number of nitrogens with one attached hydrogen (secondary N) is 2. The summed E-state index contributed by atoms with van der Waals surface area (Å²) in [5.41, 5.74) is 2.30. The molecule has 1 aromatic carbocycles. The summed E-state index contributed by atoms with van der Waals surface area (Å²) in [7, 11) is 0. The molecule has 2 amide bonds. The highest BCUT2D eigenvalue weighted by atomic mass is 16.5. The number of aromatic amines is 1. The average Bonchev–Trinajstić information content (AvgIpc) is 3.27. The topological polar surface area (TPSA) is 87.3 Å². The molecule has 134 valence electrons. The van der Waals surface area contributed by atoms with Gasteiger partial charge >= 0.3 is 0 Å². The maximum absolute atomic E-state index is 13.2. The van der Waals surface area contributed by atoms with Crippen LogP contribution in [0.15, 0.2) is 43.1 Å². The monoisotopic (exact) mass is 352 g/mol. The smallest absolute Gasteiger partial charge is 0.273 e. The van der Waals surface area contributed by atoms with E-state index in [1.807, 2.05) is 18.2 Å². The largest absolute Gasteiger partial charge is 0.381 e. The third kappa shape index (κ3) is 2.52. The molecule has 1 saturated heterocycles. The molecule has 2 aliphatic rings. The van der Waals surface area contributed by atoms with Gasteiger partial charge in [-0.05, 0) is 42.7 Å². The molecule has 0 aliphatic carbocycles. The van der Waals surface area contributed by atoms with Gasteiger partial charge in [-0.3, -0.25) is 14.7 Å². The maximum Gasteiger partial charge on any atom is 0.273 e. The highest BCUT2D eigenvalue weighted by molar-refractivity contribution is 6.09. The van der Waals surface area contributed by atoms with E-state index in [9.17, 15) is 9.59 Å². The molecular weight excluding hydrogens is 332 g/mol. The number of carbonyl (C=O) groups excluding carboxylic acids is 2. The van der Waals surface area contributed by atoms with Crippen molar-refractivity contribution in [2.45, 2.75) is 18.3 Å². The van der Waals surface area contributed by atoms with E-state index in [0.29, 0.717) is 44.0 Å². The lowest BCUT2D eigenvalue weighted by Gasteiger charge is -2.32. The number of aromatic nitrogens is 2. The Morgan fingerprint density at radius 1 is 1.38 bits per heavy atom. The molecule has 2 aromatic rings. The third-order valence-corrected chi connectivity index (χ3v) is 5.12. The summed E-state index contributed by atoms with van der Waals surface area (Å²) in [6, 6.07) is 7.23. The van der Waals surface area contributed by atoms with Crippen LogP contribution in [-0.2, 0) is 14.9 Å². The van der Waals surface area contributed by atoms with Crippen LogP contribution in [0.3, 0.4) is 0 Å². The van der Waals surface area contributed by atoms with Crippen LogP contribution < -0.4 is 10.2 Å². The third-order valence-electron chi connectivity index (χ3n) is 5.12. The number of amides is 2. The molecule has 1 fully saturated rings. The Kier molecular flexibility index (Phi) is 4.08. The molecule has 0 saturated carbocycles. The minimum Gasteiger partial charge on any atom is -0.381 e. The van der Waals surface area contributed by atoms with Crippen molar-refractivity contribution >= 4 is 23.2 Å². The molecule has 0 radical (unpaired) electrons. The minimum absolute atomic E-state index is 0.0905. The lowest BCUT2D eigenvalue weighted by atomic mass is 9.75. The van der Waals surface area contributed by atoms with Crippen LogP contribution in [0.5, 0.6) is 0 Å². The van der Waals surface area contributed by atoms with E-state index >= 15 is 0 Å². The van der Waals surface area contributed by atoms with Crippen molar-refractivity contribution in [2.24, 2.45) is 0 Å². The quantitative estimate of drug-likeness (QED) is 0.826. The van der Waals surface area contributed by atoms with Crippen LogP contribution in [0.1, 0.15) is 28.9 Å². The molecule has 2 N–H and O–H groups in total. The van der Waals surface area contributed by atoms with E-state index in [2.05, 4.69) is 22.1 Å². The Bertz CT molecular complexity index is 854. The van der Waals surface area contributed by atoms with Crippen LogP contribution >= 0.6 is 0 Å². The normalized spacial score (nSPS) is 18.0. The fraction of sp³-hybridized carbons (Fsp3) is 0.316. The Morgan fingerprint density at radius 3 is 2.88 bits per heavy atom. The van der Waals surface area contributed by atoms with Gasteiger partial charge in [-0.15, -0.1) is 6.58 Å².